The van der Waals surface area contributed by atoms with Crippen LogP contribution in [-0.2, 0) is 0 Å². The van der Waals surface area contributed by atoms with E-state index in [1.165, 1.54) is 17.9 Å². The summed E-state index contributed by atoms with van der Waals surface area (Å²) < 4.78 is 0. The van der Waals surface area contributed by atoms with Gasteiger partial charge in [0, 0.05) is 5.25 Å². The minimum Gasteiger partial charge on any atom is -0.176 e. The minimum atomic E-state index is 0.540. The number of rotatable bonds is 7. The Hall–Kier alpha value is 0.700. The topological polar surface area (TPSA) is 0 Å². The normalized spacial score (nSPS) is 18.2. The number of thiol groups is 1. The van der Waals surface area contributed by atoms with Gasteiger partial charge in [-0.3, -0.25) is 0 Å². The van der Waals surface area contributed by atoms with E-state index >= 15 is 0 Å². The fraction of sp³-hybridized carbons (Fsp3) is 1.00. The Bertz CT molecular complexity index is 116. The Kier molecular flexibility index (Phi) is 8.32. The predicted molar refractivity (Wildman–Crippen MR) is 73.6 cm³/mol. The van der Waals surface area contributed by atoms with E-state index in [-0.39, 0.29) is 0 Å². The molecule has 0 fully saturated rings. The van der Waals surface area contributed by atoms with E-state index in [9.17, 15) is 0 Å². The average molecular weight is 234 g/mol. The molecular formula is C12H26S2. The van der Waals surface area contributed by atoms with E-state index in [4.69, 9.17) is 0 Å². The van der Waals surface area contributed by atoms with Crippen molar-refractivity contribution in [2.24, 2.45) is 17.8 Å². The molecule has 0 saturated carbocycles. The first kappa shape index (κ1) is 14.7. The van der Waals surface area contributed by atoms with Crippen LogP contribution in [0.2, 0.25) is 0 Å². The van der Waals surface area contributed by atoms with E-state index < -0.39 is 0 Å². The fourth-order valence-corrected chi connectivity index (χ4v) is 2.58. The lowest BCUT2D eigenvalue weighted by Crippen LogP contribution is -2.10. The smallest absolute Gasteiger partial charge is 0.00144 e. The van der Waals surface area contributed by atoms with Gasteiger partial charge in [-0.05, 0) is 35.7 Å². The van der Waals surface area contributed by atoms with Crippen LogP contribution in [0.15, 0.2) is 0 Å². The van der Waals surface area contributed by atoms with Gasteiger partial charge in [0.05, 0.1) is 0 Å². The van der Waals surface area contributed by atoms with Gasteiger partial charge in [-0.25, -0.2) is 0 Å². The van der Waals surface area contributed by atoms with Crippen molar-refractivity contribution in [2.75, 3.05) is 11.5 Å². The Balaban J connectivity index is 3.38. The summed E-state index contributed by atoms with van der Waals surface area (Å²) in [7, 11) is 0. The second-order valence-corrected chi connectivity index (χ2v) is 6.77. The van der Waals surface area contributed by atoms with E-state index in [1.807, 2.05) is 0 Å². The molecule has 14 heavy (non-hydrogen) atoms. The highest BCUT2D eigenvalue weighted by Crippen LogP contribution is 2.20. The molecule has 0 spiro atoms. The van der Waals surface area contributed by atoms with Gasteiger partial charge in [0.2, 0.25) is 0 Å². The fourth-order valence-electron chi connectivity index (χ4n) is 0.972. The summed E-state index contributed by atoms with van der Waals surface area (Å²) in [4.78, 5) is 0. The van der Waals surface area contributed by atoms with Crippen LogP contribution in [0.1, 0.15) is 41.0 Å². The van der Waals surface area contributed by atoms with Crippen LogP contribution in [0.25, 0.3) is 0 Å². The molecule has 3 atom stereocenters. The first-order chi connectivity index (χ1) is 6.45. The quantitative estimate of drug-likeness (QED) is 0.504. The molecule has 0 rings (SSSR count). The molecule has 0 aliphatic rings. The van der Waals surface area contributed by atoms with Gasteiger partial charge in [-0.15, -0.1) is 0 Å². The minimum absolute atomic E-state index is 0.540. The molecule has 86 valence electrons. The van der Waals surface area contributed by atoms with Gasteiger partial charge in [0.25, 0.3) is 0 Å². The van der Waals surface area contributed by atoms with Crippen LogP contribution in [0.5, 0.6) is 0 Å². The Morgan fingerprint density at radius 1 is 1.00 bits per heavy atom. The molecule has 3 unspecified atom stereocenters. The van der Waals surface area contributed by atoms with Gasteiger partial charge in [0.15, 0.2) is 0 Å². The summed E-state index contributed by atoms with van der Waals surface area (Å²) in [6.45, 7) is 11.5. The van der Waals surface area contributed by atoms with Crippen molar-refractivity contribution in [3.05, 3.63) is 0 Å². The number of hydrogen-bond acceptors (Lipinski definition) is 2. The largest absolute Gasteiger partial charge is 0.176 e. The summed E-state index contributed by atoms with van der Waals surface area (Å²) >= 11 is 6.56. The second kappa shape index (κ2) is 7.92. The van der Waals surface area contributed by atoms with E-state index in [2.05, 4.69) is 59.0 Å². The third kappa shape index (κ3) is 7.05. The molecule has 0 amide bonds. The lowest BCUT2D eigenvalue weighted by atomic mass is 10.0. The maximum Gasteiger partial charge on any atom is 0.00144 e. The number of hydrogen-bond donors (Lipinski definition) is 1. The molecule has 2 heteroatoms. The summed E-state index contributed by atoms with van der Waals surface area (Å²) in [5.41, 5.74) is 0. The van der Waals surface area contributed by atoms with E-state index in [1.54, 1.807) is 0 Å². The summed E-state index contributed by atoms with van der Waals surface area (Å²) in [6, 6.07) is 0. The molecule has 0 nitrogen and oxygen atoms in total. The highest BCUT2D eigenvalue weighted by atomic mass is 32.2. The molecule has 0 aliphatic heterocycles. The lowest BCUT2D eigenvalue weighted by molar-refractivity contribution is 0.464. The van der Waals surface area contributed by atoms with Crippen molar-refractivity contribution in [2.45, 2.75) is 46.3 Å². The summed E-state index contributed by atoms with van der Waals surface area (Å²) in [6.07, 6.45) is 1.31. The summed E-state index contributed by atoms with van der Waals surface area (Å²) in [5, 5.41) is 0.540. The van der Waals surface area contributed by atoms with Crippen LogP contribution >= 0.6 is 24.4 Å². The average Bonchev–Trinajstić information content (AvgIpc) is 2.11. The van der Waals surface area contributed by atoms with Crippen molar-refractivity contribution in [3.8, 4) is 0 Å². The van der Waals surface area contributed by atoms with Gasteiger partial charge in [-0.1, -0.05) is 34.6 Å². The Labute approximate surface area is 100 Å². The van der Waals surface area contributed by atoms with Gasteiger partial charge in [0.1, 0.15) is 0 Å². The highest BCUT2D eigenvalue weighted by Gasteiger charge is 2.09. The van der Waals surface area contributed by atoms with Crippen LogP contribution in [0.4, 0.5) is 0 Å². The van der Waals surface area contributed by atoms with Gasteiger partial charge in [-0.2, -0.15) is 24.4 Å². The molecular weight excluding hydrogens is 208 g/mol. The Morgan fingerprint density at radius 2 is 1.57 bits per heavy atom. The van der Waals surface area contributed by atoms with Crippen molar-refractivity contribution in [1.82, 2.24) is 0 Å². The zero-order valence-electron chi connectivity index (χ0n) is 10.3. The molecule has 0 aromatic heterocycles. The predicted octanol–water partition coefficient (Wildman–Crippen LogP) is 4.36. The maximum absolute atomic E-state index is 4.46. The SMILES string of the molecule is CC(C)C(C)CSCCC(C)C(C)S. The molecule has 0 aromatic rings. The van der Waals surface area contributed by atoms with Crippen molar-refractivity contribution in [3.63, 3.8) is 0 Å². The molecule has 0 radical (unpaired) electrons. The third-order valence-corrected chi connectivity index (χ3v) is 4.85. The number of thioether (sulfide) groups is 1. The molecule has 0 bridgehead atoms. The van der Waals surface area contributed by atoms with Crippen LogP contribution < -0.4 is 0 Å². The van der Waals surface area contributed by atoms with Crippen LogP contribution in [0.3, 0.4) is 0 Å². The van der Waals surface area contributed by atoms with E-state index in [0.29, 0.717) is 5.25 Å². The standard InChI is InChI=1S/C12H26S2/c1-9(2)11(4)8-14-7-6-10(3)12(5)13/h9-13H,6-8H2,1-5H3. The Morgan fingerprint density at radius 3 is 2.00 bits per heavy atom. The zero-order valence-corrected chi connectivity index (χ0v) is 12.0. The summed E-state index contributed by atoms with van der Waals surface area (Å²) in [5.74, 6) is 5.03. The third-order valence-electron chi connectivity index (χ3n) is 3.06. The molecule has 0 heterocycles. The highest BCUT2D eigenvalue weighted by molar-refractivity contribution is 7.99. The van der Waals surface area contributed by atoms with Crippen molar-refractivity contribution < 1.29 is 0 Å². The lowest BCUT2D eigenvalue weighted by Gasteiger charge is -2.17. The van der Waals surface area contributed by atoms with Crippen molar-refractivity contribution in [1.29, 1.82) is 0 Å². The monoisotopic (exact) mass is 234 g/mol. The second-order valence-electron chi connectivity index (χ2n) is 4.80. The van der Waals surface area contributed by atoms with Crippen LogP contribution in [-0.4, -0.2) is 16.8 Å². The van der Waals surface area contributed by atoms with E-state index in [0.717, 1.165) is 17.8 Å². The molecule has 0 aromatic carbocycles. The first-order valence-corrected chi connectivity index (χ1v) is 7.38. The van der Waals surface area contributed by atoms with Gasteiger partial charge >= 0.3 is 0 Å². The van der Waals surface area contributed by atoms with Gasteiger partial charge < -0.3 is 0 Å². The molecule has 0 N–H and O–H groups in total. The van der Waals surface area contributed by atoms with Crippen molar-refractivity contribution >= 4 is 24.4 Å². The maximum atomic E-state index is 4.46. The van der Waals surface area contributed by atoms with Crippen LogP contribution in [0, 0.1) is 17.8 Å². The molecule has 0 aliphatic carbocycles. The zero-order chi connectivity index (χ0) is 11.1. The molecule has 0 saturated heterocycles. The first-order valence-electron chi connectivity index (χ1n) is 5.71.